The number of benzene rings is 1. The number of nitrogens with one attached hydrogen (secondary N) is 1. The van der Waals surface area contributed by atoms with Crippen molar-refractivity contribution in [1.29, 1.82) is 0 Å². The second-order valence-corrected chi connectivity index (χ2v) is 4.50. The van der Waals surface area contributed by atoms with E-state index in [2.05, 4.69) is 30.4 Å². The van der Waals surface area contributed by atoms with Crippen LogP contribution >= 0.6 is 0 Å². The molecule has 0 aliphatic heterocycles. The van der Waals surface area contributed by atoms with Gasteiger partial charge < -0.3 is 10.1 Å². The Kier molecular flexibility index (Phi) is 4.23. The van der Waals surface area contributed by atoms with Crippen LogP contribution in [0.2, 0.25) is 0 Å². The Morgan fingerprint density at radius 1 is 1.38 bits per heavy atom. The summed E-state index contributed by atoms with van der Waals surface area (Å²) in [4.78, 5) is 0. The highest BCUT2D eigenvalue weighted by molar-refractivity contribution is 5.28. The molecule has 0 heterocycles. The molecule has 16 heavy (non-hydrogen) atoms. The van der Waals surface area contributed by atoms with E-state index in [-0.39, 0.29) is 0 Å². The van der Waals surface area contributed by atoms with Crippen LogP contribution in [-0.4, -0.2) is 12.6 Å². The van der Waals surface area contributed by atoms with E-state index >= 15 is 0 Å². The smallest absolute Gasteiger partial charge is 0.119 e. The zero-order chi connectivity index (χ0) is 11.2. The summed E-state index contributed by atoms with van der Waals surface area (Å²) in [5.74, 6) is 0.995. The Morgan fingerprint density at radius 3 is 2.94 bits per heavy atom. The molecule has 1 fully saturated rings. The molecule has 1 aromatic carbocycles. The Hall–Kier alpha value is -1.02. The van der Waals surface area contributed by atoms with E-state index < -0.39 is 0 Å². The van der Waals surface area contributed by atoms with Gasteiger partial charge in [-0.3, -0.25) is 0 Å². The molecule has 1 N–H and O–H groups in total. The van der Waals surface area contributed by atoms with Crippen LogP contribution in [0.1, 0.15) is 38.2 Å². The first kappa shape index (κ1) is 11.5. The summed E-state index contributed by atoms with van der Waals surface area (Å²) in [5.41, 5.74) is 1.32. The highest BCUT2D eigenvalue weighted by Gasteiger charge is 2.15. The predicted octanol–water partition coefficient (Wildman–Crippen LogP) is 3.12. The maximum Gasteiger partial charge on any atom is 0.119 e. The average Bonchev–Trinajstić information content (AvgIpc) is 2.25. The lowest BCUT2D eigenvalue weighted by atomic mass is 9.93. The number of hydrogen-bond donors (Lipinski definition) is 1. The summed E-state index contributed by atoms with van der Waals surface area (Å²) in [6.07, 6.45) is 5.12. The molecule has 0 aromatic heterocycles. The monoisotopic (exact) mass is 219 g/mol. The van der Waals surface area contributed by atoms with Gasteiger partial charge in [0.15, 0.2) is 0 Å². The zero-order valence-electron chi connectivity index (χ0n) is 10.0. The summed E-state index contributed by atoms with van der Waals surface area (Å²) in [5, 5.41) is 3.56. The Bertz CT molecular complexity index is 320. The van der Waals surface area contributed by atoms with Gasteiger partial charge in [-0.2, -0.15) is 0 Å². The molecule has 1 aromatic rings. The maximum atomic E-state index is 5.62. The van der Waals surface area contributed by atoms with Crippen LogP contribution in [0, 0.1) is 0 Å². The van der Waals surface area contributed by atoms with E-state index in [9.17, 15) is 0 Å². The summed E-state index contributed by atoms with van der Waals surface area (Å²) < 4.78 is 5.62. The SMILES string of the molecule is CCCOc1cccc(CNC2CCC2)c1. The van der Waals surface area contributed by atoms with Crippen LogP contribution in [0.3, 0.4) is 0 Å². The molecule has 2 heteroatoms. The Balaban J connectivity index is 1.82. The average molecular weight is 219 g/mol. The minimum Gasteiger partial charge on any atom is -0.494 e. The zero-order valence-corrected chi connectivity index (χ0v) is 10.0. The van der Waals surface area contributed by atoms with Gasteiger partial charge in [0.05, 0.1) is 6.61 Å². The second kappa shape index (κ2) is 5.90. The van der Waals surface area contributed by atoms with Gasteiger partial charge in [-0.25, -0.2) is 0 Å². The molecule has 0 spiro atoms. The Labute approximate surface area is 98.0 Å². The second-order valence-electron chi connectivity index (χ2n) is 4.50. The molecule has 2 nitrogen and oxygen atoms in total. The minimum absolute atomic E-state index is 0.750. The van der Waals surface area contributed by atoms with Crippen LogP contribution in [0.15, 0.2) is 24.3 Å². The third-order valence-electron chi connectivity index (χ3n) is 3.07. The summed E-state index contributed by atoms with van der Waals surface area (Å²) >= 11 is 0. The summed E-state index contributed by atoms with van der Waals surface area (Å²) in [6, 6.07) is 9.15. The highest BCUT2D eigenvalue weighted by Crippen LogP contribution is 2.19. The third kappa shape index (κ3) is 3.24. The number of ether oxygens (including phenoxy) is 1. The van der Waals surface area contributed by atoms with Crippen molar-refractivity contribution in [3.63, 3.8) is 0 Å². The van der Waals surface area contributed by atoms with E-state index in [0.717, 1.165) is 31.4 Å². The molecule has 0 radical (unpaired) electrons. The molecular weight excluding hydrogens is 198 g/mol. The van der Waals surface area contributed by atoms with E-state index in [1.165, 1.54) is 24.8 Å². The van der Waals surface area contributed by atoms with E-state index in [0.29, 0.717) is 0 Å². The van der Waals surface area contributed by atoms with E-state index in [4.69, 9.17) is 4.74 Å². The van der Waals surface area contributed by atoms with Gasteiger partial charge in [0.25, 0.3) is 0 Å². The number of rotatable bonds is 6. The largest absolute Gasteiger partial charge is 0.494 e. The normalized spacial score (nSPS) is 15.8. The van der Waals surface area contributed by atoms with Gasteiger partial charge in [0, 0.05) is 12.6 Å². The van der Waals surface area contributed by atoms with Gasteiger partial charge in [-0.05, 0) is 37.0 Å². The van der Waals surface area contributed by atoms with Gasteiger partial charge in [-0.1, -0.05) is 25.5 Å². The lowest BCUT2D eigenvalue weighted by molar-refractivity contribution is 0.316. The molecule has 0 atom stereocenters. The lowest BCUT2D eigenvalue weighted by Gasteiger charge is -2.26. The van der Waals surface area contributed by atoms with E-state index in [1.54, 1.807) is 0 Å². The number of hydrogen-bond acceptors (Lipinski definition) is 2. The van der Waals surface area contributed by atoms with Crippen LogP contribution in [0.4, 0.5) is 0 Å². The first-order valence-electron chi connectivity index (χ1n) is 6.33. The fourth-order valence-electron chi connectivity index (χ4n) is 1.84. The van der Waals surface area contributed by atoms with Crippen molar-refractivity contribution >= 4 is 0 Å². The predicted molar refractivity (Wildman–Crippen MR) is 66.7 cm³/mol. The van der Waals surface area contributed by atoms with Crippen molar-refractivity contribution in [3.05, 3.63) is 29.8 Å². The molecule has 2 rings (SSSR count). The van der Waals surface area contributed by atoms with Crippen molar-refractivity contribution in [2.24, 2.45) is 0 Å². The highest BCUT2D eigenvalue weighted by atomic mass is 16.5. The molecule has 0 bridgehead atoms. The van der Waals surface area contributed by atoms with Crippen LogP contribution in [0.25, 0.3) is 0 Å². The fraction of sp³-hybridized carbons (Fsp3) is 0.571. The van der Waals surface area contributed by atoms with Crippen LogP contribution in [0.5, 0.6) is 5.75 Å². The molecule has 88 valence electrons. The minimum atomic E-state index is 0.750. The van der Waals surface area contributed by atoms with Crippen LogP contribution in [-0.2, 0) is 6.54 Å². The molecule has 1 aliphatic rings. The molecule has 0 amide bonds. The first-order valence-corrected chi connectivity index (χ1v) is 6.33. The molecular formula is C14H21NO. The van der Waals surface area contributed by atoms with Gasteiger partial charge in [0.2, 0.25) is 0 Å². The van der Waals surface area contributed by atoms with Crippen molar-refractivity contribution in [2.45, 2.75) is 45.2 Å². The first-order chi connectivity index (χ1) is 7.88. The van der Waals surface area contributed by atoms with Crippen LogP contribution < -0.4 is 10.1 Å². The molecule has 1 aliphatic carbocycles. The molecule has 1 saturated carbocycles. The van der Waals surface area contributed by atoms with Gasteiger partial charge in [0.1, 0.15) is 5.75 Å². The Morgan fingerprint density at radius 2 is 2.25 bits per heavy atom. The lowest BCUT2D eigenvalue weighted by Crippen LogP contribution is -2.34. The quantitative estimate of drug-likeness (QED) is 0.793. The van der Waals surface area contributed by atoms with Crippen molar-refractivity contribution in [3.8, 4) is 5.75 Å². The standard InChI is InChI=1S/C14H21NO/c1-2-9-16-14-8-3-5-12(10-14)11-15-13-6-4-7-13/h3,5,8,10,13,15H,2,4,6-7,9,11H2,1H3. The van der Waals surface area contributed by atoms with Gasteiger partial charge >= 0.3 is 0 Å². The topological polar surface area (TPSA) is 21.3 Å². The van der Waals surface area contributed by atoms with Gasteiger partial charge in [-0.15, -0.1) is 0 Å². The molecule has 0 unspecified atom stereocenters. The molecule has 0 saturated heterocycles. The summed E-state index contributed by atoms with van der Waals surface area (Å²) in [7, 11) is 0. The summed E-state index contributed by atoms with van der Waals surface area (Å²) in [6.45, 7) is 3.90. The fourth-order valence-corrected chi connectivity index (χ4v) is 1.84. The van der Waals surface area contributed by atoms with Crippen molar-refractivity contribution in [2.75, 3.05) is 6.61 Å². The maximum absolute atomic E-state index is 5.62. The van der Waals surface area contributed by atoms with E-state index in [1.807, 2.05) is 6.07 Å². The van der Waals surface area contributed by atoms with Crippen molar-refractivity contribution in [1.82, 2.24) is 5.32 Å². The third-order valence-corrected chi connectivity index (χ3v) is 3.07. The van der Waals surface area contributed by atoms with Crippen molar-refractivity contribution < 1.29 is 4.74 Å².